The molecule has 0 bridgehead atoms. The van der Waals surface area contributed by atoms with Gasteiger partial charge in [0.2, 0.25) is 0 Å². The summed E-state index contributed by atoms with van der Waals surface area (Å²) in [6.45, 7) is 4.85. The fraction of sp³-hybridized carbons (Fsp3) is 0.667. The van der Waals surface area contributed by atoms with Crippen LogP contribution >= 0.6 is 0 Å². The molecule has 0 radical (unpaired) electrons. The van der Waals surface area contributed by atoms with E-state index in [0.29, 0.717) is 0 Å². The number of aromatic nitrogens is 1. The predicted molar refractivity (Wildman–Crippen MR) is 84.4 cm³/mol. The zero-order valence-corrected chi connectivity index (χ0v) is 13.6. The van der Waals surface area contributed by atoms with E-state index < -0.39 is 9.84 Å². The van der Waals surface area contributed by atoms with Gasteiger partial charge in [0, 0.05) is 30.1 Å². The van der Waals surface area contributed by atoms with E-state index in [4.69, 9.17) is 0 Å². The third-order valence-electron chi connectivity index (χ3n) is 4.13. The van der Waals surface area contributed by atoms with Crippen LogP contribution in [-0.4, -0.2) is 31.0 Å². The molecule has 1 aromatic heterocycles. The summed E-state index contributed by atoms with van der Waals surface area (Å²) in [5.41, 5.74) is 2.06. The summed E-state index contributed by atoms with van der Waals surface area (Å²) in [6, 6.07) is 3.73. The highest BCUT2D eigenvalue weighted by molar-refractivity contribution is 7.91. The van der Waals surface area contributed by atoms with Gasteiger partial charge >= 0.3 is 0 Å². The first kappa shape index (κ1) is 16.2. The summed E-state index contributed by atoms with van der Waals surface area (Å²) in [6.07, 6.45) is 2.93. The Labute approximate surface area is 126 Å². The third-order valence-corrected chi connectivity index (χ3v) is 5.81. The molecule has 0 fully saturated rings. The van der Waals surface area contributed by atoms with E-state index in [9.17, 15) is 13.2 Å². The lowest BCUT2D eigenvalue weighted by atomic mass is 9.91. The number of hydrogen-bond donors (Lipinski definition) is 1. The maximum Gasteiger partial charge on any atom is 0.250 e. The van der Waals surface area contributed by atoms with E-state index in [1.54, 1.807) is 17.6 Å². The van der Waals surface area contributed by atoms with Crippen LogP contribution in [0.5, 0.6) is 0 Å². The van der Waals surface area contributed by atoms with Crippen LogP contribution in [0.3, 0.4) is 0 Å². The Morgan fingerprint density at radius 2 is 2.10 bits per heavy atom. The molecule has 0 saturated carbocycles. The fourth-order valence-electron chi connectivity index (χ4n) is 2.94. The molecule has 0 spiro atoms. The van der Waals surface area contributed by atoms with E-state index >= 15 is 0 Å². The average molecular weight is 312 g/mol. The molecule has 1 aliphatic carbocycles. The number of sulfone groups is 1. The maximum atomic E-state index is 12.1. The second-order valence-corrected chi connectivity index (χ2v) is 7.94. The first-order valence-electron chi connectivity index (χ1n) is 7.65. The molecule has 1 aliphatic rings. The van der Waals surface area contributed by atoms with Gasteiger partial charge in [-0.05, 0) is 31.4 Å². The van der Waals surface area contributed by atoms with E-state index in [0.717, 1.165) is 37.1 Å². The van der Waals surface area contributed by atoms with Crippen molar-refractivity contribution >= 4 is 9.84 Å². The highest BCUT2D eigenvalue weighted by Crippen LogP contribution is 2.28. The van der Waals surface area contributed by atoms with Gasteiger partial charge in [-0.2, -0.15) is 0 Å². The smallest absolute Gasteiger partial charge is 0.250 e. The molecule has 0 aromatic carbocycles. The van der Waals surface area contributed by atoms with Crippen LogP contribution < -0.4 is 10.9 Å². The minimum atomic E-state index is -3.06. The van der Waals surface area contributed by atoms with Gasteiger partial charge in [0.1, 0.15) is 0 Å². The number of nitrogens with one attached hydrogen (secondary N) is 1. The molecule has 118 valence electrons. The molecule has 5 nitrogen and oxygen atoms in total. The Balaban J connectivity index is 2.33. The summed E-state index contributed by atoms with van der Waals surface area (Å²) >= 11 is 0. The highest BCUT2D eigenvalue weighted by atomic mass is 32.2. The van der Waals surface area contributed by atoms with Crippen LogP contribution in [-0.2, 0) is 22.8 Å². The molecular formula is C15H24N2O3S. The van der Waals surface area contributed by atoms with Crippen molar-refractivity contribution in [2.24, 2.45) is 0 Å². The molecule has 6 heteroatoms. The van der Waals surface area contributed by atoms with Gasteiger partial charge in [0.15, 0.2) is 9.84 Å². The summed E-state index contributed by atoms with van der Waals surface area (Å²) in [7, 11) is -3.06. The zero-order valence-electron chi connectivity index (χ0n) is 12.8. The highest BCUT2D eigenvalue weighted by Gasteiger charge is 2.22. The molecule has 21 heavy (non-hydrogen) atoms. The lowest BCUT2D eigenvalue weighted by molar-refractivity contribution is 0.451. The first-order chi connectivity index (χ1) is 9.98. The normalized spacial score (nSPS) is 18.5. The Bertz CT molecular complexity index is 649. The van der Waals surface area contributed by atoms with Crippen molar-refractivity contribution in [1.29, 1.82) is 0 Å². The molecule has 1 atom stereocenters. The summed E-state index contributed by atoms with van der Waals surface area (Å²) < 4.78 is 25.0. The topological polar surface area (TPSA) is 68.2 Å². The van der Waals surface area contributed by atoms with Gasteiger partial charge in [0.25, 0.3) is 5.56 Å². The van der Waals surface area contributed by atoms with Crippen LogP contribution in [0.1, 0.15) is 44.0 Å². The van der Waals surface area contributed by atoms with Gasteiger partial charge in [-0.25, -0.2) is 8.42 Å². The summed E-state index contributed by atoms with van der Waals surface area (Å²) in [5, 5.41) is 3.44. The van der Waals surface area contributed by atoms with Crippen molar-refractivity contribution in [1.82, 2.24) is 9.88 Å². The molecule has 0 amide bonds. The first-order valence-corrected chi connectivity index (χ1v) is 9.47. The average Bonchev–Trinajstić information content (AvgIpc) is 2.46. The molecule has 1 aromatic rings. The van der Waals surface area contributed by atoms with Gasteiger partial charge in [-0.15, -0.1) is 0 Å². The van der Waals surface area contributed by atoms with E-state index in [2.05, 4.69) is 12.2 Å². The van der Waals surface area contributed by atoms with Crippen molar-refractivity contribution < 1.29 is 8.42 Å². The monoisotopic (exact) mass is 312 g/mol. The van der Waals surface area contributed by atoms with E-state index in [-0.39, 0.29) is 29.7 Å². The Hall–Kier alpha value is -1.14. The van der Waals surface area contributed by atoms with Crippen molar-refractivity contribution in [2.75, 3.05) is 18.1 Å². The SMILES string of the molecule is CCNC1CCCc2c1ccc(=O)n2CCS(=O)(=O)CC. The number of nitrogens with zero attached hydrogens (tertiary/aromatic N) is 1. The minimum absolute atomic E-state index is 0.0335. The van der Waals surface area contributed by atoms with Crippen molar-refractivity contribution in [3.05, 3.63) is 33.7 Å². The second kappa shape index (κ2) is 6.75. The number of hydrogen-bond acceptors (Lipinski definition) is 4. The number of pyridine rings is 1. The van der Waals surface area contributed by atoms with Crippen molar-refractivity contribution in [3.8, 4) is 0 Å². The number of rotatable bonds is 6. The molecule has 1 N–H and O–H groups in total. The van der Waals surface area contributed by atoms with Crippen LogP contribution in [0, 0.1) is 0 Å². The fourth-order valence-corrected chi connectivity index (χ4v) is 3.69. The lowest BCUT2D eigenvalue weighted by Crippen LogP contribution is -2.33. The largest absolute Gasteiger partial charge is 0.311 e. The van der Waals surface area contributed by atoms with Crippen LogP contribution in [0.4, 0.5) is 0 Å². The van der Waals surface area contributed by atoms with Gasteiger partial charge in [-0.3, -0.25) is 4.79 Å². The van der Waals surface area contributed by atoms with Gasteiger partial charge in [0.05, 0.1) is 5.75 Å². The second-order valence-electron chi connectivity index (χ2n) is 5.46. The van der Waals surface area contributed by atoms with Gasteiger partial charge < -0.3 is 9.88 Å². The van der Waals surface area contributed by atoms with Crippen molar-refractivity contribution in [2.45, 2.75) is 45.7 Å². The van der Waals surface area contributed by atoms with E-state index in [1.165, 1.54) is 0 Å². The summed E-state index contributed by atoms with van der Waals surface area (Å²) in [4.78, 5) is 12.1. The predicted octanol–water partition coefficient (Wildman–Crippen LogP) is 1.27. The van der Waals surface area contributed by atoms with Crippen LogP contribution in [0.15, 0.2) is 16.9 Å². The molecule has 1 heterocycles. The molecule has 2 rings (SSSR count). The maximum absolute atomic E-state index is 12.1. The Kier molecular flexibility index (Phi) is 5.22. The third kappa shape index (κ3) is 3.74. The number of fused-ring (bicyclic) bond motifs is 1. The molecular weight excluding hydrogens is 288 g/mol. The van der Waals surface area contributed by atoms with E-state index in [1.807, 2.05) is 6.07 Å². The van der Waals surface area contributed by atoms with Crippen molar-refractivity contribution in [3.63, 3.8) is 0 Å². The van der Waals surface area contributed by atoms with Crippen LogP contribution in [0.2, 0.25) is 0 Å². The minimum Gasteiger partial charge on any atom is -0.311 e. The summed E-state index contributed by atoms with van der Waals surface area (Å²) in [5.74, 6) is 0.155. The molecule has 0 aliphatic heterocycles. The lowest BCUT2D eigenvalue weighted by Gasteiger charge is -2.28. The standard InChI is InChI=1S/C15H24N2O3S/c1-3-16-13-6-5-7-14-12(13)8-9-15(18)17(14)10-11-21(19,20)4-2/h8-9,13,16H,3-7,10-11H2,1-2H3. The van der Waals surface area contributed by atoms with Crippen LogP contribution in [0.25, 0.3) is 0 Å². The molecule has 1 unspecified atom stereocenters. The Morgan fingerprint density at radius 1 is 1.33 bits per heavy atom. The zero-order chi connectivity index (χ0) is 15.5. The quantitative estimate of drug-likeness (QED) is 0.859. The van der Waals surface area contributed by atoms with Gasteiger partial charge in [-0.1, -0.05) is 19.9 Å². The Morgan fingerprint density at radius 3 is 2.76 bits per heavy atom. The molecule has 0 saturated heterocycles.